The van der Waals surface area contributed by atoms with Gasteiger partial charge in [-0.05, 0) is 34.9 Å². The Hall–Kier alpha value is -3.61. The van der Waals surface area contributed by atoms with Crippen molar-refractivity contribution < 1.29 is 27.5 Å². The second-order valence-electron chi connectivity index (χ2n) is 6.89. The van der Waals surface area contributed by atoms with Crippen LogP contribution >= 0.6 is 0 Å². The molecule has 4 nitrogen and oxygen atoms in total. The summed E-state index contributed by atoms with van der Waals surface area (Å²) >= 11 is 0. The molecule has 0 radical (unpaired) electrons. The molecule has 0 heterocycles. The molecule has 160 valence electrons. The zero-order chi connectivity index (χ0) is 22.4. The Morgan fingerprint density at radius 2 is 1.55 bits per heavy atom. The highest BCUT2D eigenvalue weighted by Gasteiger charge is 2.31. The van der Waals surface area contributed by atoms with Gasteiger partial charge in [0.1, 0.15) is 6.04 Å². The van der Waals surface area contributed by atoms with E-state index in [1.54, 1.807) is 24.3 Å². The Morgan fingerprint density at radius 3 is 2.16 bits per heavy atom. The maximum absolute atomic E-state index is 13.0. The molecule has 3 rings (SSSR count). The van der Waals surface area contributed by atoms with Crippen LogP contribution in [0.3, 0.4) is 0 Å². The van der Waals surface area contributed by atoms with Crippen molar-refractivity contribution in [2.24, 2.45) is 0 Å². The van der Waals surface area contributed by atoms with Gasteiger partial charge >= 0.3 is 12.1 Å². The number of hydrogen-bond acceptors (Lipinski definition) is 3. The molecule has 0 unspecified atom stereocenters. The monoisotopic (exact) mass is 427 g/mol. The maximum atomic E-state index is 13.0. The lowest BCUT2D eigenvalue weighted by molar-refractivity contribution is -0.142. The molecule has 1 atom stereocenters. The molecule has 0 fully saturated rings. The number of ether oxygens (including phenoxy) is 1. The Balaban J connectivity index is 1.75. The highest BCUT2D eigenvalue weighted by molar-refractivity contribution is 5.97. The summed E-state index contributed by atoms with van der Waals surface area (Å²) in [6, 6.07) is 19.9. The third kappa shape index (κ3) is 5.72. The molecule has 0 spiro atoms. The van der Waals surface area contributed by atoms with E-state index in [0.29, 0.717) is 5.56 Å². The summed E-state index contributed by atoms with van der Waals surface area (Å²) in [7, 11) is 1.16. The lowest BCUT2D eigenvalue weighted by Crippen LogP contribution is -2.43. The molecule has 0 aliphatic carbocycles. The van der Waals surface area contributed by atoms with Crippen LogP contribution in [0.5, 0.6) is 0 Å². The Morgan fingerprint density at radius 1 is 0.903 bits per heavy atom. The van der Waals surface area contributed by atoms with Gasteiger partial charge in [0.15, 0.2) is 0 Å². The number of halogens is 3. The number of rotatable bonds is 6. The zero-order valence-electron chi connectivity index (χ0n) is 16.6. The first-order valence-electron chi connectivity index (χ1n) is 9.48. The van der Waals surface area contributed by atoms with Gasteiger partial charge in [-0.25, -0.2) is 4.79 Å². The molecule has 0 saturated heterocycles. The predicted molar refractivity (Wildman–Crippen MR) is 110 cm³/mol. The molecule has 0 aliphatic heterocycles. The second kappa shape index (κ2) is 9.47. The number of nitrogens with one attached hydrogen (secondary N) is 1. The minimum atomic E-state index is -4.50. The van der Waals surface area contributed by atoms with E-state index in [1.807, 2.05) is 30.3 Å². The summed E-state index contributed by atoms with van der Waals surface area (Å²) in [6.45, 7) is 0. The van der Waals surface area contributed by atoms with Gasteiger partial charge in [-0.1, -0.05) is 60.7 Å². The van der Waals surface area contributed by atoms with E-state index in [2.05, 4.69) is 5.32 Å². The molecule has 3 aromatic rings. The average Bonchev–Trinajstić information content (AvgIpc) is 2.78. The van der Waals surface area contributed by atoms with Crippen molar-refractivity contribution in [3.63, 3.8) is 0 Å². The van der Waals surface area contributed by atoms with Crippen LogP contribution in [0.1, 0.15) is 21.5 Å². The van der Waals surface area contributed by atoms with Crippen molar-refractivity contribution in [1.29, 1.82) is 0 Å². The van der Waals surface area contributed by atoms with E-state index < -0.39 is 29.7 Å². The second-order valence-corrected chi connectivity index (χ2v) is 6.89. The third-order valence-corrected chi connectivity index (χ3v) is 4.74. The fraction of sp³-hybridized carbons (Fsp3) is 0.167. The van der Waals surface area contributed by atoms with Crippen molar-refractivity contribution in [2.75, 3.05) is 7.11 Å². The number of carbonyl (C=O) groups excluding carboxylic acids is 2. The van der Waals surface area contributed by atoms with Gasteiger partial charge in [0, 0.05) is 12.0 Å². The average molecular weight is 427 g/mol. The van der Waals surface area contributed by atoms with E-state index in [0.717, 1.165) is 30.4 Å². The van der Waals surface area contributed by atoms with Crippen LogP contribution in [0.2, 0.25) is 0 Å². The van der Waals surface area contributed by atoms with E-state index in [-0.39, 0.29) is 12.0 Å². The van der Waals surface area contributed by atoms with Crippen LogP contribution in [0, 0.1) is 0 Å². The Kier molecular flexibility index (Phi) is 6.74. The van der Waals surface area contributed by atoms with Crippen LogP contribution in [-0.2, 0) is 22.1 Å². The Bertz CT molecular complexity index is 1050. The van der Waals surface area contributed by atoms with Crippen molar-refractivity contribution >= 4 is 11.9 Å². The first-order valence-corrected chi connectivity index (χ1v) is 9.48. The van der Waals surface area contributed by atoms with Gasteiger partial charge in [-0.15, -0.1) is 0 Å². The number of benzene rings is 3. The van der Waals surface area contributed by atoms with Crippen LogP contribution in [-0.4, -0.2) is 25.0 Å². The summed E-state index contributed by atoms with van der Waals surface area (Å²) < 4.78 is 43.6. The summed E-state index contributed by atoms with van der Waals surface area (Å²) in [5.41, 5.74) is 1.66. The molecule has 0 aromatic heterocycles. The molecule has 3 aromatic carbocycles. The SMILES string of the molecule is COC(=O)[C@H](Cc1cccc(C(F)(F)F)c1)NC(=O)c1ccc(-c2ccccc2)cc1. The zero-order valence-corrected chi connectivity index (χ0v) is 16.6. The van der Waals surface area contributed by atoms with Crippen molar-refractivity contribution in [2.45, 2.75) is 18.6 Å². The van der Waals surface area contributed by atoms with Crippen LogP contribution in [0.15, 0.2) is 78.9 Å². The summed E-state index contributed by atoms with van der Waals surface area (Å²) in [6.07, 6.45) is -4.63. The lowest BCUT2D eigenvalue weighted by Gasteiger charge is -2.17. The first kappa shape index (κ1) is 22.1. The summed E-state index contributed by atoms with van der Waals surface area (Å²) in [5, 5.41) is 2.56. The van der Waals surface area contributed by atoms with Gasteiger partial charge in [0.05, 0.1) is 12.7 Å². The summed E-state index contributed by atoms with van der Waals surface area (Å²) in [5.74, 6) is -1.27. The number of amides is 1. The van der Waals surface area contributed by atoms with Gasteiger partial charge in [0.25, 0.3) is 5.91 Å². The maximum Gasteiger partial charge on any atom is 0.416 e. The first-order chi connectivity index (χ1) is 14.8. The van der Waals surface area contributed by atoms with Gasteiger partial charge < -0.3 is 10.1 Å². The molecule has 0 saturated carbocycles. The third-order valence-electron chi connectivity index (χ3n) is 4.74. The highest BCUT2D eigenvalue weighted by Crippen LogP contribution is 2.29. The molecule has 7 heteroatoms. The number of alkyl halides is 3. The minimum absolute atomic E-state index is 0.134. The van der Waals surface area contributed by atoms with Gasteiger partial charge in [-0.3, -0.25) is 4.79 Å². The van der Waals surface area contributed by atoms with Gasteiger partial charge in [0.2, 0.25) is 0 Å². The quantitative estimate of drug-likeness (QED) is 0.570. The number of carbonyl (C=O) groups is 2. The molecule has 1 amide bonds. The standard InChI is InChI=1S/C24H20F3NO3/c1-31-23(30)21(15-16-6-5-9-20(14-16)24(25,26)27)28-22(29)19-12-10-18(11-13-19)17-7-3-2-4-8-17/h2-14,21H,15H2,1H3,(H,28,29)/t21-/m0/s1. The largest absolute Gasteiger partial charge is 0.467 e. The molecule has 0 aliphatic rings. The van der Waals surface area contributed by atoms with E-state index >= 15 is 0 Å². The molecule has 0 bridgehead atoms. The topological polar surface area (TPSA) is 55.4 Å². The molecule has 1 N–H and O–H groups in total. The van der Waals surface area contributed by atoms with Crippen LogP contribution < -0.4 is 5.32 Å². The van der Waals surface area contributed by atoms with Crippen LogP contribution in [0.4, 0.5) is 13.2 Å². The van der Waals surface area contributed by atoms with Crippen molar-refractivity contribution in [1.82, 2.24) is 5.32 Å². The van der Waals surface area contributed by atoms with Crippen molar-refractivity contribution in [3.05, 3.63) is 95.6 Å². The normalized spacial score (nSPS) is 12.1. The lowest BCUT2D eigenvalue weighted by atomic mass is 10.0. The van der Waals surface area contributed by atoms with Crippen LogP contribution in [0.25, 0.3) is 11.1 Å². The fourth-order valence-corrected chi connectivity index (χ4v) is 3.13. The molecular formula is C24H20F3NO3. The number of methoxy groups -OCH3 is 1. The van der Waals surface area contributed by atoms with E-state index in [4.69, 9.17) is 4.74 Å². The number of esters is 1. The molecule has 31 heavy (non-hydrogen) atoms. The van der Waals surface area contributed by atoms with Gasteiger partial charge in [-0.2, -0.15) is 13.2 Å². The minimum Gasteiger partial charge on any atom is -0.467 e. The fourth-order valence-electron chi connectivity index (χ4n) is 3.13. The predicted octanol–water partition coefficient (Wildman–Crippen LogP) is 4.89. The highest BCUT2D eigenvalue weighted by atomic mass is 19.4. The number of hydrogen-bond donors (Lipinski definition) is 1. The summed E-state index contributed by atoms with van der Waals surface area (Å²) in [4.78, 5) is 24.8. The molecular weight excluding hydrogens is 407 g/mol. The smallest absolute Gasteiger partial charge is 0.416 e. The van der Waals surface area contributed by atoms with E-state index in [9.17, 15) is 22.8 Å². The Labute approximate surface area is 177 Å². The van der Waals surface area contributed by atoms with Crippen molar-refractivity contribution in [3.8, 4) is 11.1 Å². The van der Waals surface area contributed by atoms with E-state index in [1.165, 1.54) is 12.1 Å².